The van der Waals surface area contributed by atoms with Crippen LogP contribution in [-0.4, -0.2) is 38.8 Å². The van der Waals surface area contributed by atoms with Gasteiger partial charge in [-0.25, -0.2) is 4.39 Å². The van der Waals surface area contributed by atoms with Gasteiger partial charge in [-0.05, 0) is 48.4 Å². The van der Waals surface area contributed by atoms with E-state index >= 15 is 0 Å². The molecule has 0 radical (unpaired) electrons. The standard InChI is InChI=1S/C16H20FN5O2/c1-11-19-20-21-22(11)15-9-12(7-8-14(15)17)18-16(23)10-24-13-5-3-2-4-6-13/h7-9,13H,2-6,10H2,1H3,(H,18,23). The number of hydrogen-bond donors (Lipinski definition) is 1. The minimum atomic E-state index is -0.471. The SMILES string of the molecule is Cc1nnnn1-c1cc(NC(=O)COC2CCCCC2)ccc1F. The Morgan fingerprint density at radius 3 is 2.88 bits per heavy atom. The second kappa shape index (κ2) is 7.48. The van der Waals surface area contributed by atoms with E-state index in [4.69, 9.17) is 4.74 Å². The molecule has 1 aromatic carbocycles. The fourth-order valence-corrected chi connectivity index (χ4v) is 2.83. The number of nitrogens with one attached hydrogen (secondary N) is 1. The fraction of sp³-hybridized carbons (Fsp3) is 0.500. The highest BCUT2D eigenvalue weighted by Crippen LogP contribution is 2.21. The zero-order chi connectivity index (χ0) is 16.9. The average Bonchev–Trinajstić information content (AvgIpc) is 3.01. The molecule has 1 amide bonds. The number of nitrogens with zero attached hydrogens (tertiary/aromatic N) is 4. The molecular weight excluding hydrogens is 313 g/mol. The Morgan fingerprint density at radius 2 is 2.17 bits per heavy atom. The van der Waals surface area contributed by atoms with E-state index in [1.807, 2.05) is 0 Å². The van der Waals surface area contributed by atoms with Crippen LogP contribution in [0.5, 0.6) is 0 Å². The summed E-state index contributed by atoms with van der Waals surface area (Å²) in [5.74, 6) is -0.272. The molecule has 3 rings (SSSR count). The van der Waals surface area contributed by atoms with Gasteiger partial charge in [0.2, 0.25) is 5.91 Å². The predicted molar refractivity (Wildman–Crippen MR) is 85.3 cm³/mol. The molecule has 24 heavy (non-hydrogen) atoms. The first kappa shape index (κ1) is 16.5. The summed E-state index contributed by atoms with van der Waals surface area (Å²) in [7, 11) is 0. The third-order valence-electron chi connectivity index (χ3n) is 4.09. The minimum absolute atomic E-state index is 0.00127. The Kier molecular flexibility index (Phi) is 5.14. The van der Waals surface area contributed by atoms with Crippen LogP contribution < -0.4 is 5.32 Å². The summed E-state index contributed by atoms with van der Waals surface area (Å²) in [6, 6.07) is 4.27. The summed E-state index contributed by atoms with van der Waals surface area (Å²) in [5.41, 5.74) is 0.655. The van der Waals surface area contributed by atoms with Crippen molar-refractivity contribution in [2.45, 2.75) is 45.1 Å². The van der Waals surface area contributed by atoms with Crippen molar-refractivity contribution in [3.05, 3.63) is 29.8 Å². The van der Waals surface area contributed by atoms with Gasteiger partial charge >= 0.3 is 0 Å². The molecule has 0 bridgehead atoms. The highest BCUT2D eigenvalue weighted by molar-refractivity contribution is 5.92. The number of hydrogen-bond acceptors (Lipinski definition) is 5. The van der Waals surface area contributed by atoms with Crippen LogP contribution in [0.4, 0.5) is 10.1 Å². The molecular formula is C16H20FN5O2. The summed E-state index contributed by atoms with van der Waals surface area (Å²) in [6.45, 7) is 1.67. The molecule has 0 spiro atoms. The molecule has 2 aromatic rings. The van der Waals surface area contributed by atoms with Gasteiger partial charge in [-0.15, -0.1) is 5.10 Å². The fourth-order valence-electron chi connectivity index (χ4n) is 2.83. The molecule has 1 saturated carbocycles. The molecule has 1 heterocycles. The quantitative estimate of drug-likeness (QED) is 0.908. The Bertz CT molecular complexity index is 712. The van der Waals surface area contributed by atoms with E-state index in [0.717, 1.165) is 25.7 Å². The van der Waals surface area contributed by atoms with E-state index in [0.29, 0.717) is 11.5 Å². The molecule has 0 unspecified atom stereocenters. The van der Waals surface area contributed by atoms with Crippen LogP contribution in [0.25, 0.3) is 5.69 Å². The lowest BCUT2D eigenvalue weighted by Gasteiger charge is -2.21. The second-order valence-electron chi connectivity index (χ2n) is 5.92. The molecule has 0 aliphatic heterocycles. The third kappa shape index (κ3) is 3.94. The van der Waals surface area contributed by atoms with Crippen LogP contribution in [0.15, 0.2) is 18.2 Å². The molecule has 1 fully saturated rings. The van der Waals surface area contributed by atoms with Gasteiger partial charge in [0.05, 0.1) is 6.10 Å². The molecule has 0 saturated heterocycles. The van der Waals surface area contributed by atoms with E-state index in [-0.39, 0.29) is 24.3 Å². The number of aromatic nitrogens is 4. The Labute approximate surface area is 139 Å². The highest BCUT2D eigenvalue weighted by atomic mass is 19.1. The minimum Gasteiger partial charge on any atom is -0.368 e. The van der Waals surface area contributed by atoms with E-state index in [1.54, 1.807) is 6.92 Å². The summed E-state index contributed by atoms with van der Waals surface area (Å²) in [5, 5.41) is 13.7. The maximum atomic E-state index is 14.0. The van der Waals surface area contributed by atoms with Gasteiger partial charge in [-0.3, -0.25) is 4.79 Å². The second-order valence-corrected chi connectivity index (χ2v) is 5.92. The van der Waals surface area contributed by atoms with Crippen molar-refractivity contribution in [2.75, 3.05) is 11.9 Å². The van der Waals surface area contributed by atoms with Crippen LogP contribution in [0.2, 0.25) is 0 Å². The lowest BCUT2D eigenvalue weighted by molar-refractivity contribution is -0.123. The van der Waals surface area contributed by atoms with Crippen molar-refractivity contribution in [1.29, 1.82) is 0 Å². The van der Waals surface area contributed by atoms with E-state index in [9.17, 15) is 9.18 Å². The first-order valence-corrected chi connectivity index (χ1v) is 8.10. The molecule has 8 heteroatoms. The van der Waals surface area contributed by atoms with Crippen molar-refractivity contribution in [3.63, 3.8) is 0 Å². The van der Waals surface area contributed by atoms with Crippen molar-refractivity contribution in [3.8, 4) is 5.69 Å². The summed E-state index contributed by atoms with van der Waals surface area (Å²) < 4.78 is 20.9. The number of halogens is 1. The van der Waals surface area contributed by atoms with Gasteiger partial charge in [0.15, 0.2) is 5.82 Å². The number of anilines is 1. The summed E-state index contributed by atoms with van der Waals surface area (Å²) in [6.07, 6.45) is 5.72. The lowest BCUT2D eigenvalue weighted by atomic mass is 9.98. The zero-order valence-electron chi connectivity index (χ0n) is 13.5. The normalized spacial score (nSPS) is 15.4. The van der Waals surface area contributed by atoms with Crippen LogP contribution in [-0.2, 0) is 9.53 Å². The Balaban J connectivity index is 1.62. The number of carbonyl (C=O) groups excluding carboxylic acids is 1. The van der Waals surface area contributed by atoms with Gasteiger partial charge < -0.3 is 10.1 Å². The largest absolute Gasteiger partial charge is 0.368 e. The highest BCUT2D eigenvalue weighted by Gasteiger charge is 2.16. The van der Waals surface area contributed by atoms with Crippen molar-refractivity contribution < 1.29 is 13.9 Å². The van der Waals surface area contributed by atoms with Crippen LogP contribution in [0.3, 0.4) is 0 Å². The van der Waals surface area contributed by atoms with Gasteiger partial charge in [-0.1, -0.05) is 19.3 Å². The van der Waals surface area contributed by atoms with Gasteiger partial charge in [0.25, 0.3) is 0 Å². The lowest BCUT2D eigenvalue weighted by Crippen LogP contribution is -2.24. The molecule has 7 nitrogen and oxygen atoms in total. The first-order chi connectivity index (χ1) is 11.6. The van der Waals surface area contributed by atoms with Crippen molar-refractivity contribution in [2.24, 2.45) is 0 Å². The zero-order valence-corrected chi connectivity index (χ0v) is 13.5. The van der Waals surface area contributed by atoms with Gasteiger partial charge in [0, 0.05) is 5.69 Å². The Morgan fingerprint density at radius 1 is 1.38 bits per heavy atom. The molecule has 1 N–H and O–H groups in total. The maximum absolute atomic E-state index is 14.0. The van der Waals surface area contributed by atoms with Crippen molar-refractivity contribution in [1.82, 2.24) is 20.2 Å². The maximum Gasteiger partial charge on any atom is 0.250 e. The van der Waals surface area contributed by atoms with Crippen LogP contribution in [0.1, 0.15) is 37.9 Å². The molecule has 1 aliphatic rings. The van der Waals surface area contributed by atoms with E-state index in [2.05, 4.69) is 20.8 Å². The monoisotopic (exact) mass is 333 g/mol. The molecule has 128 valence electrons. The number of amides is 1. The summed E-state index contributed by atoms with van der Waals surface area (Å²) >= 11 is 0. The number of rotatable bonds is 5. The van der Waals surface area contributed by atoms with E-state index < -0.39 is 5.82 Å². The smallest absolute Gasteiger partial charge is 0.250 e. The average molecular weight is 333 g/mol. The molecule has 0 atom stereocenters. The number of aryl methyl sites for hydroxylation is 1. The predicted octanol–water partition coefficient (Wildman–Crippen LogP) is 2.40. The number of tetrazole rings is 1. The first-order valence-electron chi connectivity index (χ1n) is 8.10. The third-order valence-corrected chi connectivity index (χ3v) is 4.09. The van der Waals surface area contributed by atoms with Gasteiger partial charge in [-0.2, -0.15) is 4.68 Å². The van der Waals surface area contributed by atoms with E-state index in [1.165, 1.54) is 29.3 Å². The van der Waals surface area contributed by atoms with Crippen molar-refractivity contribution >= 4 is 11.6 Å². The summed E-state index contributed by atoms with van der Waals surface area (Å²) in [4.78, 5) is 12.0. The number of benzene rings is 1. The number of ether oxygens (including phenoxy) is 1. The Hall–Kier alpha value is -2.35. The molecule has 1 aliphatic carbocycles. The topological polar surface area (TPSA) is 81.9 Å². The van der Waals surface area contributed by atoms with Crippen LogP contribution >= 0.6 is 0 Å². The molecule has 1 aromatic heterocycles. The number of carbonyl (C=O) groups is 1. The van der Waals surface area contributed by atoms with Crippen LogP contribution in [0, 0.1) is 12.7 Å². The van der Waals surface area contributed by atoms with Gasteiger partial charge in [0.1, 0.15) is 18.1 Å².